The molecule has 0 saturated carbocycles. The third-order valence-corrected chi connectivity index (χ3v) is 4.70. The van der Waals surface area contributed by atoms with Crippen molar-refractivity contribution in [2.45, 2.75) is 32.2 Å². The van der Waals surface area contributed by atoms with Crippen LogP contribution in [0.1, 0.15) is 46.7 Å². The lowest BCUT2D eigenvalue weighted by Gasteiger charge is -2.13. The third-order valence-electron chi connectivity index (χ3n) is 4.70. The van der Waals surface area contributed by atoms with Gasteiger partial charge in [-0.2, -0.15) is 5.10 Å². The predicted molar refractivity (Wildman–Crippen MR) is 95.7 cm³/mol. The Hall–Kier alpha value is -2.95. The van der Waals surface area contributed by atoms with Crippen LogP contribution in [0.2, 0.25) is 0 Å². The number of fused-ring (bicyclic) bond motifs is 1. The first kappa shape index (κ1) is 15.6. The summed E-state index contributed by atoms with van der Waals surface area (Å²) in [4.78, 5) is 16.9. The molecule has 1 N–H and O–H groups in total. The van der Waals surface area contributed by atoms with E-state index in [1.165, 1.54) is 0 Å². The molecule has 0 fully saturated rings. The van der Waals surface area contributed by atoms with Gasteiger partial charge >= 0.3 is 0 Å². The summed E-state index contributed by atoms with van der Waals surface area (Å²) >= 11 is 0. The average molecular weight is 332 g/mol. The van der Waals surface area contributed by atoms with Gasteiger partial charge in [-0.1, -0.05) is 18.2 Å². The van der Waals surface area contributed by atoms with E-state index >= 15 is 0 Å². The molecule has 0 unspecified atom stereocenters. The van der Waals surface area contributed by atoms with Crippen molar-refractivity contribution in [3.05, 3.63) is 77.4 Å². The predicted octanol–water partition coefficient (Wildman–Crippen LogP) is 3.25. The molecule has 1 aromatic carbocycles. The number of rotatable bonds is 4. The van der Waals surface area contributed by atoms with Crippen LogP contribution < -0.4 is 5.32 Å². The van der Waals surface area contributed by atoms with Gasteiger partial charge in [0, 0.05) is 23.7 Å². The molecule has 0 saturated heterocycles. The van der Waals surface area contributed by atoms with E-state index in [-0.39, 0.29) is 11.9 Å². The number of amides is 1. The van der Waals surface area contributed by atoms with Crippen molar-refractivity contribution in [1.29, 1.82) is 0 Å². The maximum absolute atomic E-state index is 12.8. The highest BCUT2D eigenvalue weighted by Gasteiger charge is 2.27. The van der Waals surface area contributed by atoms with Gasteiger partial charge in [-0.05, 0) is 56.0 Å². The lowest BCUT2D eigenvalue weighted by atomic mass is 10.1. The first-order valence-electron chi connectivity index (χ1n) is 8.61. The van der Waals surface area contributed by atoms with Crippen molar-refractivity contribution in [3.63, 3.8) is 0 Å². The van der Waals surface area contributed by atoms with Crippen molar-refractivity contribution in [2.75, 3.05) is 0 Å². The molecule has 2 aromatic heterocycles. The molecule has 0 aliphatic heterocycles. The summed E-state index contributed by atoms with van der Waals surface area (Å²) in [6, 6.07) is 13.7. The monoisotopic (exact) mass is 332 g/mol. The first-order valence-corrected chi connectivity index (χ1v) is 8.61. The number of aromatic nitrogens is 3. The maximum Gasteiger partial charge on any atom is 0.272 e. The van der Waals surface area contributed by atoms with E-state index < -0.39 is 0 Å². The Morgan fingerprint density at radius 2 is 1.88 bits per heavy atom. The van der Waals surface area contributed by atoms with E-state index in [1.54, 1.807) is 12.4 Å². The van der Waals surface area contributed by atoms with Gasteiger partial charge < -0.3 is 5.32 Å². The number of nitrogens with zero attached hydrogens (tertiary/aromatic N) is 3. The summed E-state index contributed by atoms with van der Waals surface area (Å²) in [6.45, 7) is 1.97. The third kappa shape index (κ3) is 2.93. The molecule has 25 heavy (non-hydrogen) atoms. The van der Waals surface area contributed by atoms with E-state index in [4.69, 9.17) is 0 Å². The number of hydrogen-bond donors (Lipinski definition) is 1. The van der Waals surface area contributed by atoms with E-state index in [1.807, 2.05) is 54.1 Å². The molecule has 1 atom stereocenters. The van der Waals surface area contributed by atoms with Crippen molar-refractivity contribution in [1.82, 2.24) is 20.1 Å². The molecular formula is C20H20N4O. The molecule has 1 aliphatic rings. The molecule has 5 nitrogen and oxygen atoms in total. The number of carbonyl (C=O) groups is 1. The summed E-state index contributed by atoms with van der Waals surface area (Å²) in [5, 5.41) is 7.71. The molecule has 3 aromatic rings. The normalized spacial score (nSPS) is 14.1. The fourth-order valence-electron chi connectivity index (χ4n) is 3.40. The lowest BCUT2D eigenvalue weighted by Crippen LogP contribution is -2.28. The minimum atomic E-state index is -0.114. The number of carbonyl (C=O) groups excluding carboxylic acids is 1. The Balaban J connectivity index is 1.64. The number of hydrogen-bond acceptors (Lipinski definition) is 3. The number of nitrogens with one attached hydrogen (secondary N) is 1. The Morgan fingerprint density at radius 1 is 1.12 bits per heavy atom. The van der Waals surface area contributed by atoms with Crippen LogP contribution in [0.4, 0.5) is 0 Å². The maximum atomic E-state index is 12.8. The fourth-order valence-corrected chi connectivity index (χ4v) is 3.40. The Morgan fingerprint density at radius 3 is 2.64 bits per heavy atom. The van der Waals surface area contributed by atoms with Crippen LogP contribution >= 0.6 is 0 Å². The molecule has 4 rings (SSSR count). The molecule has 0 radical (unpaired) electrons. The van der Waals surface area contributed by atoms with E-state index in [0.717, 1.165) is 41.8 Å². The standard InChI is InChI=1S/C20H20N4O/c1-14(15-10-12-21-13-11-15)22-20(25)19-17-8-5-9-18(17)24(23-19)16-6-3-2-4-7-16/h2-4,6-7,10-14H,5,8-9H2,1H3,(H,22,25)/t14-/m0/s1. The van der Waals surface area contributed by atoms with Crippen LogP contribution in [0.25, 0.3) is 5.69 Å². The zero-order chi connectivity index (χ0) is 17.2. The van der Waals surface area contributed by atoms with Crippen molar-refractivity contribution in [3.8, 4) is 5.69 Å². The molecular weight excluding hydrogens is 312 g/mol. The summed E-state index contributed by atoms with van der Waals surface area (Å²) < 4.78 is 1.92. The highest BCUT2D eigenvalue weighted by Crippen LogP contribution is 2.28. The first-order chi connectivity index (χ1) is 12.2. The Bertz CT molecular complexity index is 887. The van der Waals surface area contributed by atoms with E-state index in [2.05, 4.69) is 15.4 Å². The van der Waals surface area contributed by atoms with Crippen LogP contribution in [0.3, 0.4) is 0 Å². The summed E-state index contributed by atoms with van der Waals surface area (Å²) in [7, 11) is 0. The Kier molecular flexibility index (Phi) is 4.06. The van der Waals surface area contributed by atoms with Crippen molar-refractivity contribution in [2.24, 2.45) is 0 Å². The number of pyridine rings is 1. The largest absolute Gasteiger partial charge is 0.344 e. The second kappa shape index (κ2) is 6.51. The van der Waals surface area contributed by atoms with E-state index in [9.17, 15) is 4.79 Å². The molecule has 1 amide bonds. The lowest BCUT2D eigenvalue weighted by molar-refractivity contribution is 0.0933. The molecule has 0 spiro atoms. The van der Waals surface area contributed by atoms with Gasteiger partial charge in [-0.15, -0.1) is 0 Å². The molecule has 126 valence electrons. The van der Waals surface area contributed by atoms with Crippen LogP contribution in [-0.4, -0.2) is 20.7 Å². The second-order valence-corrected chi connectivity index (χ2v) is 6.35. The van der Waals surface area contributed by atoms with Gasteiger partial charge in [-0.25, -0.2) is 4.68 Å². The zero-order valence-electron chi connectivity index (χ0n) is 14.1. The topological polar surface area (TPSA) is 59.8 Å². The zero-order valence-corrected chi connectivity index (χ0v) is 14.1. The van der Waals surface area contributed by atoms with Crippen LogP contribution in [0.5, 0.6) is 0 Å². The van der Waals surface area contributed by atoms with E-state index in [0.29, 0.717) is 5.69 Å². The fraction of sp³-hybridized carbons (Fsp3) is 0.250. The van der Waals surface area contributed by atoms with Gasteiger partial charge in [0.25, 0.3) is 5.91 Å². The molecule has 5 heteroatoms. The molecule has 2 heterocycles. The Labute approximate surface area is 146 Å². The van der Waals surface area contributed by atoms with Crippen LogP contribution in [0, 0.1) is 0 Å². The average Bonchev–Trinajstić information content (AvgIpc) is 3.25. The quantitative estimate of drug-likeness (QED) is 0.798. The summed E-state index contributed by atoms with van der Waals surface area (Å²) in [5.74, 6) is -0.114. The van der Waals surface area contributed by atoms with Gasteiger partial charge in [0.2, 0.25) is 0 Å². The second-order valence-electron chi connectivity index (χ2n) is 6.35. The van der Waals surface area contributed by atoms with Gasteiger partial charge in [0.15, 0.2) is 5.69 Å². The SMILES string of the molecule is C[C@H](NC(=O)c1nn(-c2ccccc2)c2c1CCC2)c1ccncc1. The summed E-state index contributed by atoms with van der Waals surface area (Å²) in [6.07, 6.45) is 6.42. The van der Waals surface area contributed by atoms with Gasteiger partial charge in [0.05, 0.1) is 11.7 Å². The van der Waals surface area contributed by atoms with Crippen molar-refractivity contribution >= 4 is 5.91 Å². The van der Waals surface area contributed by atoms with Crippen LogP contribution in [-0.2, 0) is 12.8 Å². The highest BCUT2D eigenvalue weighted by molar-refractivity contribution is 5.94. The minimum absolute atomic E-state index is 0.0885. The smallest absolute Gasteiger partial charge is 0.272 e. The number of benzene rings is 1. The minimum Gasteiger partial charge on any atom is -0.344 e. The number of para-hydroxylation sites is 1. The highest BCUT2D eigenvalue weighted by atomic mass is 16.2. The molecule has 1 aliphatic carbocycles. The molecule has 0 bridgehead atoms. The van der Waals surface area contributed by atoms with Gasteiger partial charge in [0.1, 0.15) is 0 Å². The van der Waals surface area contributed by atoms with Crippen molar-refractivity contribution < 1.29 is 4.79 Å². The van der Waals surface area contributed by atoms with Crippen LogP contribution in [0.15, 0.2) is 54.9 Å². The summed E-state index contributed by atoms with van der Waals surface area (Å²) in [5.41, 5.74) is 4.83. The van der Waals surface area contributed by atoms with Gasteiger partial charge in [-0.3, -0.25) is 9.78 Å².